The zero-order chi connectivity index (χ0) is 26.5. The molecule has 1 aromatic carbocycles. The molecule has 7 heteroatoms. The number of aliphatic hydroxyl groups excluding tert-OH is 1. The van der Waals surface area contributed by atoms with Crippen LogP contribution in [0.25, 0.3) is 0 Å². The minimum absolute atomic E-state index is 0.269. The van der Waals surface area contributed by atoms with E-state index in [0.717, 1.165) is 5.56 Å². The fraction of sp³-hybridized carbons (Fsp3) is 0.690. The summed E-state index contributed by atoms with van der Waals surface area (Å²) in [4.78, 5) is 13.4. The Morgan fingerprint density at radius 2 is 1.67 bits per heavy atom. The molecule has 2 fully saturated rings. The van der Waals surface area contributed by atoms with Gasteiger partial charge in [-0.25, -0.2) is 0 Å². The van der Waals surface area contributed by atoms with Crippen LogP contribution in [0, 0.1) is 5.92 Å². The lowest BCUT2D eigenvalue weighted by molar-refractivity contribution is -0.252. The molecule has 4 rings (SSSR count). The van der Waals surface area contributed by atoms with Crippen LogP contribution in [0.2, 0.25) is 16.6 Å². The molecule has 36 heavy (non-hydrogen) atoms. The second kappa shape index (κ2) is 10.1. The van der Waals surface area contributed by atoms with Crippen molar-refractivity contribution in [1.29, 1.82) is 0 Å². The van der Waals surface area contributed by atoms with Crippen molar-refractivity contribution in [1.82, 2.24) is 0 Å². The largest absolute Gasteiger partial charge is 0.407 e. The second-order valence-corrected chi connectivity index (χ2v) is 17.3. The van der Waals surface area contributed by atoms with E-state index in [2.05, 4.69) is 41.5 Å². The fourth-order valence-electron chi connectivity index (χ4n) is 7.65. The van der Waals surface area contributed by atoms with Crippen LogP contribution in [-0.4, -0.2) is 59.9 Å². The standard InChI is InChI=1S/C29H44O6Si/c1-8-16-28-27(35-36(18(2)3,19(4)5)20(6)7)26(33-17-21-12-10-9-11-13-21)25(31)24-22(34-28)14-15-23(30)29(24,28)32/h9-15,18-20,22,24-27,31-32H,8,16-17H2,1-7H3/t22-,24+,25-,26+,27-,28-,29-/m1/s1. The van der Waals surface area contributed by atoms with Crippen molar-refractivity contribution in [3.63, 3.8) is 0 Å². The van der Waals surface area contributed by atoms with E-state index in [9.17, 15) is 15.0 Å². The molecule has 1 saturated heterocycles. The lowest BCUT2D eigenvalue weighted by atomic mass is 9.58. The molecule has 7 atom stereocenters. The molecule has 0 radical (unpaired) electrons. The zero-order valence-corrected chi connectivity index (χ0v) is 23.8. The number of hydrogen-bond acceptors (Lipinski definition) is 6. The van der Waals surface area contributed by atoms with Crippen LogP contribution < -0.4 is 0 Å². The first-order valence-corrected chi connectivity index (χ1v) is 15.8. The average Bonchev–Trinajstić information content (AvgIpc) is 2.95. The van der Waals surface area contributed by atoms with Gasteiger partial charge in [0.05, 0.1) is 24.7 Å². The third-order valence-electron chi connectivity index (χ3n) is 9.05. The number of rotatable bonds is 10. The van der Waals surface area contributed by atoms with Gasteiger partial charge < -0.3 is 24.1 Å². The molecular weight excluding hydrogens is 472 g/mol. The van der Waals surface area contributed by atoms with E-state index >= 15 is 0 Å². The number of ketones is 1. The molecule has 6 nitrogen and oxygen atoms in total. The van der Waals surface area contributed by atoms with Crippen LogP contribution in [0.4, 0.5) is 0 Å². The SMILES string of the molecule is CCC[C@]12O[C@@H]3C=CC(=O)[C@@]1(O)[C@@H]3[C@@H](O)[C@H](OCc1ccccc1)[C@H]2O[Si](C(C)C)(C(C)C)C(C)C. The smallest absolute Gasteiger partial charge is 0.201 e. The van der Waals surface area contributed by atoms with E-state index < -0.39 is 55.6 Å². The molecule has 1 heterocycles. The van der Waals surface area contributed by atoms with Gasteiger partial charge in [0.1, 0.15) is 17.8 Å². The maximum Gasteiger partial charge on any atom is 0.201 e. The molecule has 1 aromatic rings. The molecule has 4 bridgehead atoms. The summed E-state index contributed by atoms with van der Waals surface area (Å²) >= 11 is 0. The van der Waals surface area contributed by atoms with Crippen molar-refractivity contribution in [2.45, 2.75) is 120 Å². The van der Waals surface area contributed by atoms with Crippen molar-refractivity contribution >= 4 is 14.1 Å². The maximum atomic E-state index is 13.4. The molecular formula is C29H44O6Si. The van der Waals surface area contributed by atoms with Crippen LogP contribution >= 0.6 is 0 Å². The number of ether oxygens (including phenoxy) is 2. The summed E-state index contributed by atoms with van der Waals surface area (Å²) in [6.45, 7) is 15.5. The predicted molar refractivity (Wildman–Crippen MR) is 142 cm³/mol. The lowest BCUT2D eigenvalue weighted by Gasteiger charge is -2.57. The number of carbonyl (C=O) groups is 1. The Kier molecular flexibility index (Phi) is 7.75. The van der Waals surface area contributed by atoms with Gasteiger partial charge in [0.25, 0.3) is 0 Å². The normalized spacial score (nSPS) is 35.9. The Morgan fingerprint density at radius 3 is 2.22 bits per heavy atom. The van der Waals surface area contributed by atoms with Crippen molar-refractivity contribution < 1.29 is 28.9 Å². The molecule has 200 valence electrons. The van der Waals surface area contributed by atoms with Gasteiger partial charge in [0, 0.05) is 0 Å². The minimum atomic E-state index is -2.52. The average molecular weight is 517 g/mol. The van der Waals surface area contributed by atoms with E-state index in [4.69, 9.17) is 13.9 Å². The zero-order valence-electron chi connectivity index (χ0n) is 22.8. The first-order valence-electron chi connectivity index (χ1n) is 13.6. The van der Waals surface area contributed by atoms with Crippen molar-refractivity contribution in [3.05, 3.63) is 48.0 Å². The van der Waals surface area contributed by atoms with Crippen LogP contribution in [0.15, 0.2) is 42.5 Å². The van der Waals surface area contributed by atoms with Gasteiger partial charge >= 0.3 is 0 Å². The maximum absolute atomic E-state index is 13.4. The predicted octanol–water partition coefficient (Wildman–Crippen LogP) is 4.93. The van der Waals surface area contributed by atoms with E-state index in [-0.39, 0.29) is 16.6 Å². The lowest BCUT2D eigenvalue weighted by Crippen LogP contribution is -2.77. The third-order valence-corrected chi connectivity index (χ3v) is 15.1. The first-order chi connectivity index (χ1) is 17.0. The summed E-state index contributed by atoms with van der Waals surface area (Å²) in [5, 5.41) is 24.0. The highest BCUT2D eigenvalue weighted by molar-refractivity contribution is 6.77. The highest BCUT2D eigenvalue weighted by Crippen LogP contribution is 2.60. The number of aliphatic hydroxyl groups is 2. The Balaban J connectivity index is 1.86. The van der Waals surface area contributed by atoms with Gasteiger partial charge in [0.15, 0.2) is 11.4 Å². The molecule has 0 aromatic heterocycles. The monoisotopic (exact) mass is 516 g/mol. The van der Waals surface area contributed by atoms with Crippen LogP contribution in [-0.2, 0) is 25.3 Å². The molecule has 1 saturated carbocycles. The minimum Gasteiger partial charge on any atom is -0.407 e. The van der Waals surface area contributed by atoms with Gasteiger partial charge in [-0.2, -0.15) is 0 Å². The highest BCUT2D eigenvalue weighted by Gasteiger charge is 2.79. The van der Waals surface area contributed by atoms with Gasteiger partial charge in [-0.1, -0.05) is 91.3 Å². The summed E-state index contributed by atoms with van der Waals surface area (Å²) in [5.41, 5.74) is -1.36. The molecule has 0 spiro atoms. The summed E-state index contributed by atoms with van der Waals surface area (Å²) in [7, 11) is -2.52. The summed E-state index contributed by atoms with van der Waals surface area (Å²) < 4.78 is 20.5. The Labute approximate surface area is 217 Å². The van der Waals surface area contributed by atoms with E-state index in [1.807, 2.05) is 37.3 Å². The van der Waals surface area contributed by atoms with E-state index in [1.165, 1.54) is 6.08 Å². The second-order valence-electron chi connectivity index (χ2n) is 11.8. The Bertz CT molecular complexity index is 940. The van der Waals surface area contributed by atoms with Gasteiger partial charge in [-0.05, 0) is 34.7 Å². The number of carbonyl (C=O) groups excluding carboxylic acids is 1. The fourth-order valence-corrected chi connectivity index (χ4v) is 13.2. The van der Waals surface area contributed by atoms with Gasteiger partial charge in [0.2, 0.25) is 8.32 Å². The van der Waals surface area contributed by atoms with Crippen molar-refractivity contribution in [3.8, 4) is 0 Å². The molecule has 1 aliphatic heterocycles. The highest BCUT2D eigenvalue weighted by atomic mass is 28.4. The Morgan fingerprint density at radius 1 is 1.06 bits per heavy atom. The topological polar surface area (TPSA) is 85.2 Å². The molecule has 0 amide bonds. The van der Waals surface area contributed by atoms with Crippen molar-refractivity contribution in [2.24, 2.45) is 5.92 Å². The summed E-state index contributed by atoms with van der Waals surface area (Å²) in [6.07, 6.45) is 1.02. The number of benzene rings is 1. The molecule has 2 N–H and O–H groups in total. The third kappa shape index (κ3) is 3.89. The molecule has 3 aliphatic rings. The van der Waals surface area contributed by atoms with Crippen LogP contribution in [0.1, 0.15) is 66.9 Å². The number of hydrogen-bond donors (Lipinski definition) is 2. The molecule has 0 unspecified atom stereocenters. The van der Waals surface area contributed by atoms with Crippen molar-refractivity contribution in [2.75, 3.05) is 0 Å². The van der Waals surface area contributed by atoms with Crippen LogP contribution in [0.5, 0.6) is 0 Å². The summed E-state index contributed by atoms with van der Waals surface area (Å²) in [5.74, 6) is -1.20. The van der Waals surface area contributed by atoms with E-state index in [0.29, 0.717) is 19.4 Å². The quantitative estimate of drug-likeness (QED) is 0.429. The van der Waals surface area contributed by atoms with Gasteiger partial charge in [-0.15, -0.1) is 0 Å². The Hall–Kier alpha value is -1.35. The summed E-state index contributed by atoms with van der Waals surface area (Å²) in [6, 6.07) is 9.85. The van der Waals surface area contributed by atoms with E-state index in [1.54, 1.807) is 6.08 Å². The van der Waals surface area contributed by atoms with Gasteiger partial charge in [-0.3, -0.25) is 4.79 Å². The molecule has 2 aliphatic carbocycles. The first kappa shape index (κ1) is 27.7. The van der Waals surface area contributed by atoms with Crippen LogP contribution in [0.3, 0.4) is 0 Å².